The van der Waals surface area contributed by atoms with Crippen LogP contribution < -0.4 is 5.32 Å². The van der Waals surface area contributed by atoms with Gasteiger partial charge >= 0.3 is 0 Å². The molecule has 0 aliphatic carbocycles. The molecule has 2 aromatic carbocycles. The van der Waals surface area contributed by atoms with Crippen LogP contribution in [-0.4, -0.2) is 20.9 Å². The van der Waals surface area contributed by atoms with Crippen molar-refractivity contribution in [3.8, 4) is 22.4 Å². The molecule has 3 aromatic heterocycles. The number of amides is 1. The summed E-state index contributed by atoms with van der Waals surface area (Å²) in [6.07, 6.45) is 3.00. The Kier molecular flexibility index (Phi) is 5.58. The number of hydrogen-bond donors (Lipinski definition) is 1. The van der Waals surface area contributed by atoms with Crippen molar-refractivity contribution in [1.29, 1.82) is 0 Å². The third-order valence-corrected chi connectivity index (χ3v) is 6.22. The fraction of sp³-hybridized carbons (Fsp3) is 0.0400. The highest BCUT2D eigenvalue weighted by atomic mass is 35.5. The molecule has 0 aliphatic rings. The molecule has 5 aromatic rings. The van der Waals surface area contributed by atoms with Gasteiger partial charge in [0.2, 0.25) is 0 Å². The second-order valence-electron chi connectivity index (χ2n) is 7.44. The topological polar surface area (TPSA) is 67.8 Å². The standard InChI is InChI=1S/C25H16ClFN4OS/c1-14-8-16(2-5-20(14)27)24-19(15-3-6-21-22(9-15)33-13-30-21)10-18(12-29-24)31-25(32)17-4-7-23(26)28-11-17/h2-13H,1H3,(H,31,32). The number of carbonyl (C=O) groups is 1. The molecular weight excluding hydrogens is 459 g/mol. The molecule has 0 saturated heterocycles. The molecule has 1 N–H and O–H groups in total. The van der Waals surface area contributed by atoms with Gasteiger partial charge in [0.1, 0.15) is 11.0 Å². The number of hydrogen-bond acceptors (Lipinski definition) is 5. The van der Waals surface area contributed by atoms with Crippen molar-refractivity contribution in [2.24, 2.45) is 0 Å². The van der Waals surface area contributed by atoms with Gasteiger partial charge in [-0.05, 0) is 66.6 Å². The summed E-state index contributed by atoms with van der Waals surface area (Å²) in [5, 5.41) is 3.18. The summed E-state index contributed by atoms with van der Waals surface area (Å²) in [6.45, 7) is 1.72. The fourth-order valence-corrected chi connectivity index (χ4v) is 4.34. The summed E-state index contributed by atoms with van der Waals surface area (Å²) in [7, 11) is 0. The van der Waals surface area contributed by atoms with E-state index in [9.17, 15) is 9.18 Å². The number of rotatable bonds is 4. The number of carbonyl (C=O) groups excluding carboxylic acids is 1. The van der Waals surface area contributed by atoms with Crippen LogP contribution in [0.3, 0.4) is 0 Å². The van der Waals surface area contributed by atoms with E-state index < -0.39 is 0 Å². The lowest BCUT2D eigenvalue weighted by Crippen LogP contribution is -2.12. The monoisotopic (exact) mass is 474 g/mol. The van der Waals surface area contributed by atoms with E-state index >= 15 is 0 Å². The molecule has 0 fully saturated rings. The molecule has 0 saturated carbocycles. The zero-order valence-corrected chi connectivity index (χ0v) is 18.9. The van der Waals surface area contributed by atoms with E-state index in [4.69, 9.17) is 11.6 Å². The minimum atomic E-state index is -0.324. The highest BCUT2D eigenvalue weighted by Gasteiger charge is 2.15. The first-order chi connectivity index (χ1) is 16.0. The molecular formula is C25H16ClFN4OS. The third kappa shape index (κ3) is 4.33. The Labute approximate surface area is 197 Å². The van der Waals surface area contributed by atoms with Crippen LogP contribution in [0, 0.1) is 12.7 Å². The number of aromatic nitrogens is 3. The van der Waals surface area contributed by atoms with Crippen LogP contribution in [0.15, 0.2) is 72.5 Å². The summed E-state index contributed by atoms with van der Waals surface area (Å²) in [4.78, 5) is 25.6. The SMILES string of the molecule is Cc1cc(-c2ncc(NC(=O)c3ccc(Cl)nc3)cc2-c2ccc3ncsc3c2)ccc1F. The average Bonchev–Trinajstić information content (AvgIpc) is 3.29. The van der Waals surface area contributed by atoms with Crippen molar-refractivity contribution in [2.45, 2.75) is 6.92 Å². The number of halogens is 2. The predicted molar refractivity (Wildman–Crippen MR) is 130 cm³/mol. The number of benzene rings is 2. The maximum absolute atomic E-state index is 13.9. The van der Waals surface area contributed by atoms with Crippen molar-refractivity contribution < 1.29 is 9.18 Å². The number of pyridine rings is 2. The number of nitrogens with one attached hydrogen (secondary N) is 1. The van der Waals surface area contributed by atoms with Gasteiger partial charge in [-0.2, -0.15) is 0 Å². The number of nitrogens with zero attached hydrogens (tertiary/aromatic N) is 3. The molecule has 1 amide bonds. The maximum atomic E-state index is 13.9. The van der Waals surface area contributed by atoms with Crippen LogP contribution in [0.4, 0.5) is 10.1 Å². The highest BCUT2D eigenvalue weighted by Crippen LogP contribution is 2.35. The Morgan fingerprint density at radius 1 is 0.970 bits per heavy atom. The minimum Gasteiger partial charge on any atom is -0.321 e. The van der Waals surface area contributed by atoms with Crippen molar-refractivity contribution in [1.82, 2.24) is 15.0 Å². The molecule has 162 valence electrons. The summed E-state index contributed by atoms with van der Waals surface area (Å²) < 4.78 is 14.9. The Morgan fingerprint density at radius 3 is 2.61 bits per heavy atom. The van der Waals surface area contributed by atoms with Crippen molar-refractivity contribution in [3.05, 3.63) is 94.6 Å². The van der Waals surface area contributed by atoms with Gasteiger partial charge in [-0.3, -0.25) is 9.78 Å². The van der Waals surface area contributed by atoms with E-state index in [1.807, 2.05) is 24.3 Å². The number of fused-ring (bicyclic) bond motifs is 1. The van der Waals surface area contributed by atoms with Crippen LogP contribution in [0.5, 0.6) is 0 Å². The molecule has 3 heterocycles. The molecule has 5 rings (SSSR count). The zero-order chi connectivity index (χ0) is 22.9. The Morgan fingerprint density at radius 2 is 1.82 bits per heavy atom. The summed E-state index contributed by atoms with van der Waals surface area (Å²) >= 11 is 7.36. The van der Waals surface area contributed by atoms with E-state index in [2.05, 4.69) is 20.3 Å². The summed E-state index contributed by atoms with van der Waals surface area (Å²) in [6, 6.07) is 15.9. The van der Waals surface area contributed by atoms with Crippen LogP contribution in [0.25, 0.3) is 32.6 Å². The largest absolute Gasteiger partial charge is 0.321 e. The van der Waals surface area contributed by atoms with E-state index in [0.717, 1.165) is 26.9 Å². The van der Waals surface area contributed by atoms with Crippen molar-refractivity contribution >= 4 is 44.7 Å². The molecule has 0 spiro atoms. The van der Waals surface area contributed by atoms with E-state index in [1.54, 1.807) is 54.2 Å². The molecule has 5 nitrogen and oxygen atoms in total. The Hall–Kier alpha value is -3.68. The lowest BCUT2D eigenvalue weighted by Gasteiger charge is -2.13. The van der Waals surface area contributed by atoms with E-state index in [0.29, 0.717) is 27.7 Å². The van der Waals surface area contributed by atoms with E-state index in [-0.39, 0.29) is 11.7 Å². The summed E-state index contributed by atoms with van der Waals surface area (Å²) in [5.41, 5.74) is 7.35. The maximum Gasteiger partial charge on any atom is 0.257 e. The molecule has 0 radical (unpaired) electrons. The molecule has 0 aliphatic heterocycles. The van der Waals surface area contributed by atoms with Gasteiger partial charge in [0.15, 0.2) is 0 Å². The van der Waals surface area contributed by atoms with Gasteiger partial charge in [-0.15, -0.1) is 11.3 Å². The molecule has 0 bridgehead atoms. The fourth-order valence-electron chi connectivity index (χ4n) is 3.51. The van der Waals surface area contributed by atoms with Crippen LogP contribution >= 0.6 is 22.9 Å². The molecule has 0 unspecified atom stereocenters. The van der Waals surface area contributed by atoms with Crippen molar-refractivity contribution in [3.63, 3.8) is 0 Å². The number of anilines is 1. The zero-order valence-electron chi connectivity index (χ0n) is 17.3. The first-order valence-electron chi connectivity index (χ1n) is 10.0. The van der Waals surface area contributed by atoms with Gasteiger partial charge in [-0.25, -0.2) is 14.4 Å². The minimum absolute atomic E-state index is 0.271. The Bertz CT molecular complexity index is 1500. The lowest BCUT2D eigenvalue weighted by molar-refractivity contribution is 0.102. The first kappa shape index (κ1) is 21.2. The molecule has 8 heteroatoms. The van der Waals surface area contributed by atoms with Crippen LogP contribution in [-0.2, 0) is 0 Å². The molecule has 33 heavy (non-hydrogen) atoms. The van der Waals surface area contributed by atoms with E-state index in [1.165, 1.54) is 12.3 Å². The van der Waals surface area contributed by atoms with Gasteiger partial charge in [-0.1, -0.05) is 17.7 Å². The Balaban J connectivity index is 1.59. The second-order valence-corrected chi connectivity index (χ2v) is 8.72. The van der Waals surface area contributed by atoms with Crippen molar-refractivity contribution in [2.75, 3.05) is 5.32 Å². The molecule has 0 atom stereocenters. The van der Waals surface area contributed by atoms with Crippen LogP contribution in [0.1, 0.15) is 15.9 Å². The summed E-state index contributed by atoms with van der Waals surface area (Å²) in [5.74, 6) is -0.595. The quantitative estimate of drug-likeness (QED) is 0.292. The van der Waals surface area contributed by atoms with Gasteiger partial charge < -0.3 is 5.32 Å². The van der Waals surface area contributed by atoms with Gasteiger partial charge in [0.25, 0.3) is 5.91 Å². The first-order valence-corrected chi connectivity index (χ1v) is 11.3. The van der Waals surface area contributed by atoms with Gasteiger partial charge in [0.05, 0.1) is 38.9 Å². The predicted octanol–water partition coefficient (Wildman–Crippen LogP) is 6.77. The number of aryl methyl sites for hydroxylation is 1. The average molecular weight is 475 g/mol. The number of thiazole rings is 1. The van der Waals surface area contributed by atoms with Gasteiger partial charge in [0, 0.05) is 17.3 Å². The third-order valence-electron chi connectivity index (χ3n) is 5.21. The lowest BCUT2D eigenvalue weighted by atomic mass is 9.97. The highest BCUT2D eigenvalue weighted by molar-refractivity contribution is 7.16. The second kappa shape index (κ2) is 8.69. The normalized spacial score (nSPS) is 11.0. The smallest absolute Gasteiger partial charge is 0.257 e. The van der Waals surface area contributed by atoms with Crippen LogP contribution in [0.2, 0.25) is 5.15 Å².